The van der Waals surface area contributed by atoms with Gasteiger partial charge in [-0.2, -0.15) is 0 Å². The standard InChI is InChI=1S/C36H29NO4/c1-40-27-16-10-24(11-17-27)31(25-12-18-28(41-2)19-13-25)32-29-20-21-30(32)34-33(29)35(38)37(36(34)39)26-14-8-23(9-15-26)22-6-4-3-5-7-22/h3-21,29-30,33-34H,1-2H3/t29-,30-,33-,34-/m1/s1. The zero-order valence-corrected chi connectivity index (χ0v) is 22.9. The molecule has 202 valence electrons. The summed E-state index contributed by atoms with van der Waals surface area (Å²) in [6.07, 6.45) is 4.25. The van der Waals surface area contributed by atoms with E-state index in [4.69, 9.17) is 9.47 Å². The number of carbonyl (C=O) groups is 2. The van der Waals surface area contributed by atoms with Crippen LogP contribution in [0.5, 0.6) is 11.5 Å². The fourth-order valence-electron chi connectivity index (χ4n) is 6.80. The number of methoxy groups -OCH3 is 2. The Bertz CT molecular complexity index is 1600. The van der Waals surface area contributed by atoms with Gasteiger partial charge in [-0.05, 0) is 69.8 Å². The Balaban J connectivity index is 1.27. The van der Waals surface area contributed by atoms with Crippen LogP contribution < -0.4 is 14.4 Å². The maximum atomic E-state index is 14.0. The lowest BCUT2D eigenvalue weighted by molar-refractivity contribution is -0.122. The van der Waals surface area contributed by atoms with Crippen LogP contribution >= 0.6 is 0 Å². The van der Waals surface area contributed by atoms with Crippen LogP contribution in [0.15, 0.2) is 121 Å². The molecule has 1 heterocycles. The first-order valence-corrected chi connectivity index (χ1v) is 13.8. The third-order valence-corrected chi connectivity index (χ3v) is 8.69. The van der Waals surface area contributed by atoms with Gasteiger partial charge >= 0.3 is 0 Å². The van der Waals surface area contributed by atoms with Crippen LogP contribution in [0.1, 0.15) is 11.1 Å². The van der Waals surface area contributed by atoms with Crippen molar-refractivity contribution < 1.29 is 19.1 Å². The highest BCUT2D eigenvalue weighted by Crippen LogP contribution is 2.59. The van der Waals surface area contributed by atoms with Crippen molar-refractivity contribution in [2.24, 2.45) is 23.7 Å². The summed E-state index contributed by atoms with van der Waals surface area (Å²) in [7, 11) is 3.30. The monoisotopic (exact) mass is 539 g/mol. The van der Waals surface area contributed by atoms with Crippen LogP contribution in [-0.4, -0.2) is 26.0 Å². The molecule has 3 aliphatic rings. The van der Waals surface area contributed by atoms with Gasteiger partial charge in [0.1, 0.15) is 11.5 Å². The smallest absolute Gasteiger partial charge is 0.238 e. The molecule has 2 amide bonds. The minimum Gasteiger partial charge on any atom is -0.497 e. The van der Waals surface area contributed by atoms with Crippen LogP contribution in [0.25, 0.3) is 16.7 Å². The molecule has 5 nitrogen and oxygen atoms in total. The minimum atomic E-state index is -0.409. The molecule has 2 aliphatic carbocycles. The van der Waals surface area contributed by atoms with Crippen molar-refractivity contribution in [3.63, 3.8) is 0 Å². The SMILES string of the molecule is COc1ccc(C(=C2[C@H]3C=C[C@H]2[C@H]2C(=O)N(c4ccc(-c5ccccc5)cc4)C(=O)[C@@H]23)c2ccc(OC)cc2)cc1. The lowest BCUT2D eigenvalue weighted by atomic mass is 9.85. The van der Waals surface area contributed by atoms with Gasteiger partial charge < -0.3 is 9.47 Å². The van der Waals surface area contributed by atoms with Crippen molar-refractivity contribution in [3.05, 3.63) is 132 Å². The number of nitrogens with zero attached hydrogens (tertiary/aromatic N) is 1. The third kappa shape index (κ3) is 4.00. The number of rotatable bonds is 6. The summed E-state index contributed by atoms with van der Waals surface area (Å²) in [5.74, 6) is 0.202. The first kappa shape index (κ1) is 25.1. The molecule has 0 unspecified atom stereocenters. The average molecular weight is 540 g/mol. The van der Waals surface area contributed by atoms with Crippen molar-refractivity contribution in [1.29, 1.82) is 0 Å². The number of anilines is 1. The zero-order chi connectivity index (χ0) is 28.1. The molecule has 0 N–H and O–H groups in total. The largest absolute Gasteiger partial charge is 0.497 e. The number of amides is 2. The van der Waals surface area contributed by atoms with E-state index in [2.05, 4.69) is 12.2 Å². The summed E-state index contributed by atoms with van der Waals surface area (Å²) >= 11 is 0. The van der Waals surface area contributed by atoms with E-state index in [-0.39, 0.29) is 23.7 Å². The van der Waals surface area contributed by atoms with Gasteiger partial charge in [0.25, 0.3) is 0 Å². The van der Waals surface area contributed by atoms with Crippen LogP contribution in [0.3, 0.4) is 0 Å². The van der Waals surface area contributed by atoms with E-state index in [0.717, 1.165) is 44.9 Å². The Morgan fingerprint density at radius 3 is 1.51 bits per heavy atom. The van der Waals surface area contributed by atoms with Crippen LogP contribution in [0.4, 0.5) is 5.69 Å². The van der Waals surface area contributed by atoms with E-state index < -0.39 is 11.8 Å². The molecular formula is C36H29NO4. The maximum Gasteiger partial charge on any atom is 0.238 e. The summed E-state index contributed by atoms with van der Waals surface area (Å²) in [5.41, 5.74) is 7.02. The zero-order valence-electron chi connectivity index (χ0n) is 22.9. The van der Waals surface area contributed by atoms with Gasteiger partial charge in [0.15, 0.2) is 0 Å². The second-order valence-electron chi connectivity index (χ2n) is 10.7. The molecule has 5 heteroatoms. The quantitative estimate of drug-likeness (QED) is 0.200. The summed E-state index contributed by atoms with van der Waals surface area (Å²) in [4.78, 5) is 29.3. The van der Waals surface area contributed by atoms with Gasteiger partial charge in [0.05, 0.1) is 31.7 Å². The van der Waals surface area contributed by atoms with Crippen LogP contribution in [0, 0.1) is 23.7 Å². The topological polar surface area (TPSA) is 55.8 Å². The average Bonchev–Trinajstić information content (AvgIpc) is 3.67. The number of hydrogen-bond donors (Lipinski definition) is 0. The molecular weight excluding hydrogens is 510 g/mol. The molecule has 1 aliphatic heterocycles. The van der Waals surface area contributed by atoms with Gasteiger partial charge in [-0.3, -0.25) is 9.59 Å². The van der Waals surface area contributed by atoms with Gasteiger partial charge in [-0.1, -0.05) is 78.9 Å². The van der Waals surface area contributed by atoms with E-state index in [1.807, 2.05) is 103 Å². The molecule has 41 heavy (non-hydrogen) atoms. The predicted molar refractivity (Wildman–Crippen MR) is 159 cm³/mol. The highest BCUT2D eigenvalue weighted by atomic mass is 16.5. The summed E-state index contributed by atoms with van der Waals surface area (Å²) in [6, 6.07) is 33.8. The Kier molecular flexibility index (Phi) is 6.08. The third-order valence-electron chi connectivity index (χ3n) is 8.69. The Labute approximate surface area is 239 Å². The molecule has 4 aromatic rings. The summed E-state index contributed by atoms with van der Waals surface area (Å²) in [6.45, 7) is 0. The Hall–Kier alpha value is -4.90. The van der Waals surface area contributed by atoms with Crippen molar-refractivity contribution in [1.82, 2.24) is 0 Å². The fourth-order valence-corrected chi connectivity index (χ4v) is 6.80. The van der Waals surface area contributed by atoms with Crippen molar-refractivity contribution in [3.8, 4) is 22.6 Å². The fraction of sp³-hybridized carbons (Fsp3) is 0.167. The van der Waals surface area contributed by atoms with Gasteiger partial charge in [-0.25, -0.2) is 4.90 Å². The lowest BCUT2D eigenvalue weighted by Gasteiger charge is -2.22. The number of ether oxygens (including phenoxy) is 2. The Morgan fingerprint density at radius 2 is 1.05 bits per heavy atom. The van der Waals surface area contributed by atoms with E-state index in [1.54, 1.807) is 14.2 Å². The second-order valence-corrected chi connectivity index (χ2v) is 10.7. The molecule has 1 saturated heterocycles. The minimum absolute atomic E-state index is 0.120. The molecule has 2 fully saturated rings. The Morgan fingerprint density at radius 1 is 0.585 bits per heavy atom. The van der Waals surface area contributed by atoms with Crippen molar-refractivity contribution in [2.75, 3.05) is 19.1 Å². The molecule has 0 spiro atoms. The molecule has 1 saturated carbocycles. The molecule has 4 atom stereocenters. The van der Waals surface area contributed by atoms with Crippen LogP contribution in [0.2, 0.25) is 0 Å². The van der Waals surface area contributed by atoms with Gasteiger partial charge in [0, 0.05) is 11.8 Å². The highest BCUT2D eigenvalue weighted by molar-refractivity contribution is 6.23. The van der Waals surface area contributed by atoms with E-state index in [1.165, 1.54) is 4.90 Å². The second kappa shape index (κ2) is 9.93. The number of imide groups is 1. The van der Waals surface area contributed by atoms with Crippen LogP contribution in [-0.2, 0) is 9.59 Å². The lowest BCUT2D eigenvalue weighted by Crippen LogP contribution is -2.33. The first-order chi connectivity index (χ1) is 20.1. The van der Waals surface area contributed by atoms with E-state index in [9.17, 15) is 9.59 Å². The number of benzene rings is 4. The van der Waals surface area contributed by atoms with Gasteiger partial charge in [-0.15, -0.1) is 0 Å². The molecule has 2 bridgehead atoms. The highest BCUT2D eigenvalue weighted by Gasteiger charge is 2.62. The number of fused-ring (bicyclic) bond motifs is 5. The normalized spacial score (nSPS) is 22.3. The number of allylic oxidation sites excluding steroid dienone is 3. The first-order valence-electron chi connectivity index (χ1n) is 13.8. The summed E-state index contributed by atoms with van der Waals surface area (Å²) < 4.78 is 10.8. The van der Waals surface area contributed by atoms with Crippen molar-refractivity contribution in [2.45, 2.75) is 0 Å². The van der Waals surface area contributed by atoms with E-state index >= 15 is 0 Å². The summed E-state index contributed by atoms with van der Waals surface area (Å²) in [5, 5.41) is 0. The number of carbonyl (C=O) groups excluding carboxylic acids is 2. The molecule has 4 aromatic carbocycles. The maximum absolute atomic E-state index is 14.0. The van der Waals surface area contributed by atoms with Crippen molar-refractivity contribution >= 4 is 23.1 Å². The molecule has 0 aromatic heterocycles. The van der Waals surface area contributed by atoms with Gasteiger partial charge in [0.2, 0.25) is 11.8 Å². The van der Waals surface area contributed by atoms with E-state index in [0.29, 0.717) is 5.69 Å². The predicted octanol–water partition coefficient (Wildman–Crippen LogP) is 6.79. The molecule has 7 rings (SSSR count). The molecule has 0 radical (unpaired) electrons. The number of hydrogen-bond acceptors (Lipinski definition) is 4.